The molecule has 0 N–H and O–H groups in total. The molecule has 2 rings (SSSR count). The Hall–Kier alpha value is -2.21. The third-order valence-electron chi connectivity index (χ3n) is 2.64. The van der Waals surface area contributed by atoms with Gasteiger partial charge in [0.05, 0.1) is 10.5 Å². The van der Waals surface area contributed by atoms with Crippen LogP contribution in [0.3, 0.4) is 0 Å². The Morgan fingerprint density at radius 1 is 1.25 bits per heavy atom. The lowest BCUT2D eigenvalue weighted by molar-refractivity contribution is -0.384. The van der Waals surface area contributed by atoms with E-state index in [0.717, 1.165) is 0 Å². The molecule has 0 bridgehead atoms. The van der Waals surface area contributed by atoms with Gasteiger partial charge in [0, 0.05) is 12.1 Å². The maximum absolute atomic E-state index is 10.6. The van der Waals surface area contributed by atoms with Gasteiger partial charge in [0.2, 0.25) is 5.88 Å². The molecule has 0 spiro atoms. The van der Waals surface area contributed by atoms with Gasteiger partial charge in [-0.1, -0.05) is 25.4 Å². The van der Waals surface area contributed by atoms with Crippen molar-refractivity contribution in [3.05, 3.63) is 51.4 Å². The van der Waals surface area contributed by atoms with Gasteiger partial charge in [-0.25, -0.2) is 9.97 Å². The minimum absolute atomic E-state index is 0.00199. The van der Waals surface area contributed by atoms with E-state index in [1.165, 1.54) is 30.6 Å². The van der Waals surface area contributed by atoms with Crippen LogP contribution in [0.15, 0.2) is 30.6 Å². The highest BCUT2D eigenvalue weighted by Crippen LogP contribution is 2.32. The predicted octanol–water partition coefficient (Wildman–Crippen LogP) is 3.95. The molecule has 0 fully saturated rings. The molecule has 0 aliphatic rings. The summed E-state index contributed by atoms with van der Waals surface area (Å²) in [7, 11) is 0. The lowest BCUT2D eigenvalue weighted by Gasteiger charge is -2.12. The quantitative estimate of drug-likeness (QED) is 0.484. The molecule has 0 aliphatic carbocycles. The summed E-state index contributed by atoms with van der Waals surface area (Å²) < 4.78 is 5.63. The molecule has 7 heteroatoms. The van der Waals surface area contributed by atoms with E-state index >= 15 is 0 Å². The fraction of sp³-hybridized carbons (Fsp3) is 0.231. The minimum Gasteiger partial charge on any atom is -0.439 e. The highest BCUT2D eigenvalue weighted by molar-refractivity contribution is 6.30. The summed E-state index contributed by atoms with van der Waals surface area (Å²) >= 11 is 6.04. The Morgan fingerprint density at radius 2 is 1.90 bits per heavy atom. The average molecular weight is 294 g/mol. The van der Waals surface area contributed by atoms with Crippen LogP contribution < -0.4 is 4.74 Å². The van der Waals surface area contributed by atoms with E-state index in [2.05, 4.69) is 9.97 Å². The van der Waals surface area contributed by atoms with Crippen LogP contribution in [-0.4, -0.2) is 14.9 Å². The lowest BCUT2D eigenvalue weighted by Crippen LogP contribution is -1.99. The molecule has 6 nitrogen and oxygen atoms in total. The lowest BCUT2D eigenvalue weighted by atomic mass is 10.1. The number of hydrogen-bond donors (Lipinski definition) is 0. The molecule has 0 atom stereocenters. The van der Waals surface area contributed by atoms with Gasteiger partial charge in [0.25, 0.3) is 5.69 Å². The van der Waals surface area contributed by atoms with E-state index in [-0.39, 0.29) is 11.6 Å². The molecule has 1 aromatic carbocycles. The van der Waals surface area contributed by atoms with E-state index in [1.54, 1.807) is 0 Å². The largest absolute Gasteiger partial charge is 0.439 e. The summed E-state index contributed by atoms with van der Waals surface area (Å²) in [6.07, 6.45) is 1.31. The Labute approximate surface area is 120 Å². The number of halogens is 1. The molecule has 1 heterocycles. The molecule has 20 heavy (non-hydrogen) atoms. The van der Waals surface area contributed by atoms with Gasteiger partial charge in [-0.3, -0.25) is 10.1 Å². The van der Waals surface area contributed by atoms with Crippen molar-refractivity contribution in [3.63, 3.8) is 0 Å². The van der Waals surface area contributed by atoms with Crippen molar-refractivity contribution in [1.29, 1.82) is 0 Å². The number of hydrogen-bond acceptors (Lipinski definition) is 5. The van der Waals surface area contributed by atoms with Crippen molar-refractivity contribution in [1.82, 2.24) is 9.97 Å². The maximum atomic E-state index is 10.6. The summed E-state index contributed by atoms with van der Waals surface area (Å²) in [6, 6.07) is 5.76. The number of non-ortho nitro benzene ring substituents is 1. The van der Waals surface area contributed by atoms with Crippen molar-refractivity contribution < 1.29 is 9.66 Å². The molecule has 2 aromatic rings. The number of nitro benzene ring substituents is 1. The predicted molar refractivity (Wildman–Crippen MR) is 74.3 cm³/mol. The second-order valence-electron chi connectivity index (χ2n) is 4.39. The normalized spacial score (nSPS) is 10.6. The second-order valence-corrected chi connectivity index (χ2v) is 4.75. The highest BCUT2D eigenvalue weighted by Gasteiger charge is 2.16. The van der Waals surface area contributed by atoms with Crippen LogP contribution in [-0.2, 0) is 0 Å². The van der Waals surface area contributed by atoms with Crippen molar-refractivity contribution >= 4 is 17.3 Å². The standard InChI is InChI=1S/C13H12ClN3O3/c1-8(2)11-12(14)15-7-16-13(11)20-10-5-3-9(4-6-10)17(18)19/h3-8H,1-2H3. The Balaban J connectivity index is 2.30. The molecule has 0 radical (unpaired) electrons. The van der Waals surface area contributed by atoms with E-state index in [0.29, 0.717) is 22.3 Å². The number of rotatable bonds is 4. The van der Waals surface area contributed by atoms with Gasteiger partial charge in [0.1, 0.15) is 17.2 Å². The molecule has 0 saturated carbocycles. The monoisotopic (exact) mass is 293 g/mol. The van der Waals surface area contributed by atoms with Gasteiger partial charge in [-0.05, 0) is 18.1 Å². The zero-order chi connectivity index (χ0) is 14.7. The molecule has 1 aromatic heterocycles. The first-order valence-electron chi connectivity index (χ1n) is 5.91. The van der Waals surface area contributed by atoms with E-state index in [9.17, 15) is 10.1 Å². The van der Waals surface area contributed by atoms with Crippen LogP contribution in [0.2, 0.25) is 5.15 Å². The van der Waals surface area contributed by atoms with Gasteiger partial charge in [-0.2, -0.15) is 0 Å². The zero-order valence-corrected chi connectivity index (χ0v) is 11.7. The van der Waals surface area contributed by atoms with Crippen LogP contribution in [0.4, 0.5) is 5.69 Å². The number of ether oxygens (including phenoxy) is 1. The summed E-state index contributed by atoms with van der Waals surface area (Å²) in [6.45, 7) is 3.90. The fourth-order valence-corrected chi connectivity index (χ4v) is 2.02. The van der Waals surface area contributed by atoms with E-state index < -0.39 is 4.92 Å². The Bertz CT molecular complexity index is 629. The molecule has 0 amide bonds. The average Bonchev–Trinajstić information content (AvgIpc) is 2.39. The van der Waals surface area contributed by atoms with E-state index in [1.807, 2.05) is 13.8 Å². The van der Waals surface area contributed by atoms with Crippen LogP contribution in [0.25, 0.3) is 0 Å². The third kappa shape index (κ3) is 3.03. The number of nitrogens with zero attached hydrogens (tertiary/aromatic N) is 3. The SMILES string of the molecule is CC(C)c1c(Cl)ncnc1Oc1ccc([N+](=O)[O-])cc1. The summed E-state index contributed by atoms with van der Waals surface area (Å²) in [4.78, 5) is 18.1. The van der Waals surface area contributed by atoms with Crippen LogP contribution in [0.1, 0.15) is 25.3 Å². The number of aromatic nitrogens is 2. The molecular formula is C13H12ClN3O3. The number of benzene rings is 1. The Morgan fingerprint density at radius 3 is 2.45 bits per heavy atom. The summed E-state index contributed by atoms with van der Waals surface area (Å²) in [5.74, 6) is 0.901. The number of nitro groups is 1. The van der Waals surface area contributed by atoms with Crippen LogP contribution in [0, 0.1) is 10.1 Å². The first-order chi connectivity index (χ1) is 9.49. The highest BCUT2D eigenvalue weighted by atomic mass is 35.5. The van der Waals surface area contributed by atoms with Crippen molar-refractivity contribution in [2.75, 3.05) is 0 Å². The molecular weight excluding hydrogens is 282 g/mol. The second kappa shape index (κ2) is 5.83. The van der Waals surface area contributed by atoms with Crippen LogP contribution in [0.5, 0.6) is 11.6 Å². The molecule has 0 aliphatic heterocycles. The summed E-state index contributed by atoms with van der Waals surface area (Å²) in [5, 5.41) is 10.9. The maximum Gasteiger partial charge on any atom is 0.269 e. The van der Waals surface area contributed by atoms with E-state index in [4.69, 9.17) is 16.3 Å². The van der Waals surface area contributed by atoms with Crippen molar-refractivity contribution in [3.8, 4) is 11.6 Å². The van der Waals surface area contributed by atoms with Crippen LogP contribution >= 0.6 is 11.6 Å². The van der Waals surface area contributed by atoms with Crippen molar-refractivity contribution in [2.45, 2.75) is 19.8 Å². The fourth-order valence-electron chi connectivity index (χ4n) is 1.67. The summed E-state index contributed by atoms with van der Waals surface area (Å²) in [5.41, 5.74) is 0.703. The van der Waals surface area contributed by atoms with Gasteiger partial charge in [-0.15, -0.1) is 0 Å². The smallest absolute Gasteiger partial charge is 0.269 e. The van der Waals surface area contributed by atoms with Gasteiger partial charge in [0.15, 0.2) is 0 Å². The molecule has 0 unspecified atom stereocenters. The van der Waals surface area contributed by atoms with Gasteiger partial charge >= 0.3 is 0 Å². The van der Waals surface area contributed by atoms with Crippen molar-refractivity contribution in [2.24, 2.45) is 0 Å². The van der Waals surface area contributed by atoms with Gasteiger partial charge < -0.3 is 4.74 Å². The molecule has 104 valence electrons. The zero-order valence-electron chi connectivity index (χ0n) is 10.9. The topological polar surface area (TPSA) is 78.2 Å². The minimum atomic E-state index is -0.467. The Kier molecular flexibility index (Phi) is 4.14. The third-order valence-corrected chi connectivity index (χ3v) is 2.94. The molecule has 0 saturated heterocycles. The first-order valence-corrected chi connectivity index (χ1v) is 6.29. The first kappa shape index (κ1) is 14.2.